The summed E-state index contributed by atoms with van der Waals surface area (Å²) < 4.78 is 12.9. The number of rotatable bonds is 3. The normalized spacial score (nSPS) is 17.8. The van der Waals surface area contributed by atoms with E-state index in [1.807, 2.05) is 0 Å². The lowest BCUT2D eigenvalue weighted by atomic mass is 9.74. The highest BCUT2D eigenvalue weighted by Crippen LogP contribution is 2.35. The fourth-order valence-electron chi connectivity index (χ4n) is 2.59. The van der Waals surface area contributed by atoms with Gasteiger partial charge in [0.15, 0.2) is 0 Å². The molecule has 0 spiro atoms. The van der Waals surface area contributed by atoms with Gasteiger partial charge in [-0.2, -0.15) is 0 Å². The number of amides is 1. The van der Waals surface area contributed by atoms with E-state index in [1.165, 1.54) is 17.0 Å². The smallest absolute Gasteiger partial charge is 0.407 e. The highest BCUT2D eigenvalue weighted by molar-refractivity contribution is 5.76. The van der Waals surface area contributed by atoms with Crippen LogP contribution in [-0.4, -0.2) is 40.3 Å². The van der Waals surface area contributed by atoms with E-state index in [4.69, 9.17) is 5.11 Å². The second-order valence-corrected chi connectivity index (χ2v) is 5.16. The van der Waals surface area contributed by atoms with Gasteiger partial charge in [0.1, 0.15) is 5.82 Å². The summed E-state index contributed by atoms with van der Waals surface area (Å²) >= 11 is 0. The third kappa shape index (κ3) is 2.89. The lowest BCUT2D eigenvalue weighted by Crippen LogP contribution is -2.47. The standard InChI is InChI=1S/C14H16FNO4/c15-11-3-1-10(2-4-11)9-14(12(17)18)5-7-16(8-6-14)13(19)20/h1-4H,5-9H2,(H,17,18)(H,19,20). The number of likely N-dealkylation sites (tertiary alicyclic amines) is 1. The van der Waals surface area contributed by atoms with Crippen molar-refractivity contribution in [1.82, 2.24) is 4.90 Å². The van der Waals surface area contributed by atoms with Crippen LogP contribution in [-0.2, 0) is 11.2 Å². The Bertz CT molecular complexity index is 506. The number of halogens is 1. The monoisotopic (exact) mass is 281 g/mol. The highest BCUT2D eigenvalue weighted by atomic mass is 19.1. The molecule has 108 valence electrons. The number of carboxylic acid groups (broad SMARTS) is 2. The lowest BCUT2D eigenvalue weighted by Gasteiger charge is -2.37. The van der Waals surface area contributed by atoms with E-state index < -0.39 is 17.5 Å². The van der Waals surface area contributed by atoms with E-state index in [-0.39, 0.29) is 38.2 Å². The second-order valence-electron chi connectivity index (χ2n) is 5.16. The first-order valence-electron chi connectivity index (χ1n) is 6.39. The zero-order valence-electron chi connectivity index (χ0n) is 10.9. The fourth-order valence-corrected chi connectivity index (χ4v) is 2.59. The van der Waals surface area contributed by atoms with Crippen LogP contribution in [0.2, 0.25) is 0 Å². The minimum Gasteiger partial charge on any atom is -0.481 e. The number of hydrogen-bond acceptors (Lipinski definition) is 2. The molecule has 1 aliphatic heterocycles. The molecule has 0 atom stereocenters. The number of piperidine rings is 1. The highest BCUT2D eigenvalue weighted by Gasteiger charge is 2.42. The van der Waals surface area contributed by atoms with E-state index in [1.54, 1.807) is 12.1 Å². The van der Waals surface area contributed by atoms with Crippen molar-refractivity contribution in [2.75, 3.05) is 13.1 Å². The Kier molecular flexibility index (Phi) is 3.92. The van der Waals surface area contributed by atoms with Crippen molar-refractivity contribution in [2.24, 2.45) is 5.41 Å². The van der Waals surface area contributed by atoms with Crippen molar-refractivity contribution >= 4 is 12.1 Å². The van der Waals surface area contributed by atoms with Crippen molar-refractivity contribution in [3.8, 4) is 0 Å². The van der Waals surface area contributed by atoms with E-state index in [2.05, 4.69) is 0 Å². The quantitative estimate of drug-likeness (QED) is 0.890. The van der Waals surface area contributed by atoms with Crippen molar-refractivity contribution in [2.45, 2.75) is 19.3 Å². The van der Waals surface area contributed by atoms with Crippen LogP contribution in [0.3, 0.4) is 0 Å². The predicted octanol–water partition coefficient (Wildman–Crippen LogP) is 2.21. The summed E-state index contributed by atoms with van der Waals surface area (Å²) in [6.07, 6.45) is -0.195. The zero-order chi connectivity index (χ0) is 14.8. The van der Waals surface area contributed by atoms with Crippen molar-refractivity contribution in [3.05, 3.63) is 35.6 Å². The minimum atomic E-state index is -1.02. The molecule has 1 saturated heterocycles. The maximum atomic E-state index is 12.9. The number of hydrogen-bond donors (Lipinski definition) is 2. The Balaban J connectivity index is 2.13. The topological polar surface area (TPSA) is 77.8 Å². The zero-order valence-corrected chi connectivity index (χ0v) is 10.9. The molecule has 2 rings (SSSR count). The van der Waals surface area contributed by atoms with Gasteiger partial charge in [-0.15, -0.1) is 0 Å². The maximum Gasteiger partial charge on any atom is 0.407 e. The molecule has 0 radical (unpaired) electrons. The Hall–Kier alpha value is -2.11. The summed E-state index contributed by atoms with van der Waals surface area (Å²) in [5, 5.41) is 18.4. The van der Waals surface area contributed by atoms with E-state index in [0.717, 1.165) is 5.56 Å². The number of benzene rings is 1. The Morgan fingerprint density at radius 2 is 1.70 bits per heavy atom. The number of carboxylic acids is 1. The van der Waals surface area contributed by atoms with Crippen molar-refractivity contribution in [1.29, 1.82) is 0 Å². The van der Waals surface area contributed by atoms with Crippen LogP contribution in [0, 0.1) is 11.2 Å². The average molecular weight is 281 g/mol. The lowest BCUT2D eigenvalue weighted by molar-refractivity contribution is -0.151. The van der Waals surface area contributed by atoms with Crippen molar-refractivity contribution < 1.29 is 24.2 Å². The summed E-state index contributed by atoms with van der Waals surface area (Å²) in [6, 6.07) is 5.75. The van der Waals surface area contributed by atoms with Gasteiger partial charge < -0.3 is 15.1 Å². The molecule has 1 aromatic carbocycles. The molecule has 1 fully saturated rings. The van der Waals surface area contributed by atoms with Crippen molar-refractivity contribution in [3.63, 3.8) is 0 Å². The molecule has 1 aromatic rings. The average Bonchev–Trinajstić information content (AvgIpc) is 2.42. The van der Waals surface area contributed by atoms with Gasteiger partial charge >= 0.3 is 12.1 Å². The van der Waals surface area contributed by atoms with Gasteiger partial charge in [0.2, 0.25) is 0 Å². The largest absolute Gasteiger partial charge is 0.481 e. The Morgan fingerprint density at radius 3 is 2.15 bits per heavy atom. The molecule has 1 amide bonds. The summed E-state index contributed by atoms with van der Waals surface area (Å²) in [5.41, 5.74) is -0.221. The molecule has 5 nitrogen and oxygen atoms in total. The fraction of sp³-hybridized carbons (Fsp3) is 0.429. The van der Waals surface area contributed by atoms with E-state index >= 15 is 0 Å². The first kappa shape index (κ1) is 14.3. The van der Waals surface area contributed by atoms with Gasteiger partial charge in [0, 0.05) is 13.1 Å². The van der Waals surface area contributed by atoms with Gasteiger partial charge in [0.25, 0.3) is 0 Å². The van der Waals surface area contributed by atoms with E-state index in [9.17, 15) is 19.1 Å². The molecule has 0 aliphatic carbocycles. The molecule has 20 heavy (non-hydrogen) atoms. The van der Waals surface area contributed by atoms with Gasteiger partial charge in [-0.25, -0.2) is 9.18 Å². The molecule has 2 N–H and O–H groups in total. The van der Waals surface area contributed by atoms with Gasteiger partial charge in [-0.1, -0.05) is 12.1 Å². The third-order valence-corrected chi connectivity index (χ3v) is 3.90. The molecule has 0 bridgehead atoms. The Labute approximate surface area is 115 Å². The molecular formula is C14H16FNO4. The van der Waals surface area contributed by atoms with Crippen LogP contribution in [0.5, 0.6) is 0 Å². The van der Waals surface area contributed by atoms with Crippen LogP contribution >= 0.6 is 0 Å². The van der Waals surface area contributed by atoms with Gasteiger partial charge in [0.05, 0.1) is 5.41 Å². The Morgan fingerprint density at radius 1 is 1.15 bits per heavy atom. The molecule has 0 saturated carbocycles. The number of carbonyl (C=O) groups is 2. The van der Waals surface area contributed by atoms with Crippen LogP contribution in [0.4, 0.5) is 9.18 Å². The molecule has 1 heterocycles. The van der Waals surface area contributed by atoms with E-state index in [0.29, 0.717) is 0 Å². The summed E-state index contributed by atoms with van der Waals surface area (Å²) in [4.78, 5) is 23.7. The molecular weight excluding hydrogens is 265 g/mol. The molecule has 1 aliphatic rings. The van der Waals surface area contributed by atoms with Gasteiger partial charge in [-0.3, -0.25) is 4.79 Å². The first-order valence-corrected chi connectivity index (χ1v) is 6.39. The molecule has 6 heteroatoms. The van der Waals surface area contributed by atoms with Crippen LogP contribution in [0.1, 0.15) is 18.4 Å². The molecule has 0 aromatic heterocycles. The van der Waals surface area contributed by atoms with Crippen LogP contribution in [0.15, 0.2) is 24.3 Å². The van der Waals surface area contributed by atoms with Crippen LogP contribution < -0.4 is 0 Å². The first-order chi connectivity index (χ1) is 9.43. The molecule has 0 unspecified atom stereocenters. The number of aliphatic carboxylic acids is 1. The predicted molar refractivity (Wildman–Crippen MR) is 69.0 cm³/mol. The minimum absolute atomic E-state index is 0.211. The SMILES string of the molecule is O=C(O)N1CCC(Cc2ccc(F)cc2)(C(=O)O)CC1. The maximum absolute atomic E-state index is 12.9. The number of nitrogens with zero attached hydrogens (tertiary/aromatic N) is 1. The van der Waals surface area contributed by atoms with Crippen LogP contribution in [0.25, 0.3) is 0 Å². The summed E-state index contributed by atoms with van der Waals surface area (Å²) in [7, 11) is 0. The third-order valence-electron chi connectivity index (χ3n) is 3.90. The summed E-state index contributed by atoms with van der Waals surface area (Å²) in [6.45, 7) is 0.422. The summed E-state index contributed by atoms with van der Waals surface area (Å²) in [5.74, 6) is -1.29. The second kappa shape index (κ2) is 5.48. The van der Waals surface area contributed by atoms with Gasteiger partial charge in [-0.05, 0) is 37.0 Å².